The molecule has 0 aliphatic carbocycles. The molecule has 0 aromatic heterocycles. The van der Waals surface area contributed by atoms with Gasteiger partial charge in [0.1, 0.15) is 0 Å². The topological polar surface area (TPSA) is 66.4 Å². The summed E-state index contributed by atoms with van der Waals surface area (Å²) in [5, 5.41) is 11.9. The zero-order chi connectivity index (χ0) is 14.5. The number of nitrogens with one attached hydrogen (secondary N) is 1. The van der Waals surface area contributed by atoms with Gasteiger partial charge in [-0.15, -0.1) is 0 Å². The number of hydrogen-bond donors (Lipinski definition) is 2. The molecule has 20 heavy (non-hydrogen) atoms. The highest BCUT2D eigenvalue weighted by Crippen LogP contribution is 2.23. The fourth-order valence-corrected chi connectivity index (χ4v) is 2.33. The van der Waals surface area contributed by atoms with Gasteiger partial charge in [-0.3, -0.25) is 4.79 Å². The summed E-state index contributed by atoms with van der Waals surface area (Å²) in [6, 6.07) is 7.01. The third-order valence-electron chi connectivity index (χ3n) is 3.37. The van der Waals surface area contributed by atoms with Crippen molar-refractivity contribution in [2.75, 3.05) is 6.54 Å². The van der Waals surface area contributed by atoms with E-state index in [9.17, 15) is 9.59 Å². The maximum Gasteiger partial charge on any atom is 0.328 e. The summed E-state index contributed by atoms with van der Waals surface area (Å²) in [6.07, 6.45) is 4.36. The smallest absolute Gasteiger partial charge is 0.328 e. The number of carbonyl (C=O) groups is 2. The monoisotopic (exact) mass is 271 g/mol. The van der Waals surface area contributed by atoms with Crippen LogP contribution in [-0.4, -0.2) is 29.4 Å². The quantitative estimate of drug-likeness (QED) is 0.805. The number of carbonyl (C=O) groups excluding carboxylic acids is 1. The maximum atomic E-state index is 12.3. The van der Waals surface area contributed by atoms with Crippen molar-refractivity contribution >= 4 is 23.4 Å². The Balaban J connectivity index is 2.25. The van der Waals surface area contributed by atoms with Gasteiger partial charge in [0, 0.05) is 11.6 Å². The number of aliphatic carboxylic acids is 1. The first-order valence-electron chi connectivity index (χ1n) is 6.56. The number of carboxylic acids is 1. The van der Waals surface area contributed by atoms with Crippen molar-refractivity contribution in [2.45, 2.75) is 18.9 Å². The minimum atomic E-state index is -1.02. The van der Waals surface area contributed by atoms with E-state index in [1.165, 1.54) is 6.08 Å². The Bertz CT molecular complexity index is 569. The lowest BCUT2D eigenvalue weighted by atomic mass is 9.94. The molecule has 4 heteroatoms. The third-order valence-corrected chi connectivity index (χ3v) is 3.37. The van der Waals surface area contributed by atoms with Crippen LogP contribution in [0.15, 0.2) is 36.9 Å². The van der Waals surface area contributed by atoms with Crippen molar-refractivity contribution in [3.05, 3.63) is 48.0 Å². The lowest BCUT2D eigenvalue weighted by Gasteiger charge is -2.13. The van der Waals surface area contributed by atoms with E-state index in [0.29, 0.717) is 16.7 Å². The average Bonchev–Trinajstić information content (AvgIpc) is 2.98. The van der Waals surface area contributed by atoms with Crippen LogP contribution in [-0.2, 0) is 9.59 Å². The van der Waals surface area contributed by atoms with Crippen LogP contribution < -0.4 is 5.32 Å². The van der Waals surface area contributed by atoms with Gasteiger partial charge in [0.25, 0.3) is 0 Å². The molecule has 0 amide bonds. The second kappa shape index (κ2) is 6.30. The third kappa shape index (κ3) is 3.22. The van der Waals surface area contributed by atoms with Crippen LogP contribution in [0.5, 0.6) is 0 Å². The summed E-state index contributed by atoms with van der Waals surface area (Å²) < 4.78 is 0. The van der Waals surface area contributed by atoms with Gasteiger partial charge in [-0.2, -0.15) is 0 Å². The lowest BCUT2D eigenvalue weighted by Crippen LogP contribution is -2.31. The zero-order valence-electron chi connectivity index (χ0n) is 11.1. The fraction of sp³-hybridized carbons (Fsp3) is 0.250. The normalized spacial score (nSPS) is 18.3. The van der Waals surface area contributed by atoms with E-state index in [1.54, 1.807) is 18.2 Å². The first-order valence-corrected chi connectivity index (χ1v) is 6.56. The molecule has 0 spiro atoms. The molecular weight excluding hydrogens is 254 g/mol. The molecular formula is C16H17NO3. The van der Waals surface area contributed by atoms with Gasteiger partial charge in [-0.25, -0.2) is 4.79 Å². The number of hydrogen-bond acceptors (Lipinski definition) is 3. The molecule has 1 saturated heterocycles. The molecule has 0 bridgehead atoms. The molecule has 1 aliphatic heterocycles. The number of Topliss-reactive ketones (excluding diaryl/α,β-unsaturated/α-hetero) is 1. The van der Waals surface area contributed by atoms with Crippen molar-refractivity contribution in [3.8, 4) is 0 Å². The molecule has 4 nitrogen and oxygen atoms in total. The number of ketones is 1. The average molecular weight is 271 g/mol. The largest absolute Gasteiger partial charge is 0.478 e. The number of rotatable bonds is 5. The molecule has 2 N–H and O–H groups in total. The lowest BCUT2D eigenvalue weighted by molar-refractivity contribution is -0.131. The molecule has 0 saturated carbocycles. The van der Waals surface area contributed by atoms with Gasteiger partial charge in [-0.05, 0) is 36.6 Å². The molecule has 1 heterocycles. The van der Waals surface area contributed by atoms with Gasteiger partial charge in [0.15, 0.2) is 5.78 Å². The summed E-state index contributed by atoms with van der Waals surface area (Å²) in [6.45, 7) is 4.74. The van der Waals surface area contributed by atoms with Crippen LogP contribution in [0.2, 0.25) is 0 Å². The standard InChI is InChI=1S/C16H17NO3/c1-11(16(20)14-7-4-10-17-14)13-6-3-2-5-12(13)8-9-15(18)19/h2-3,5-6,8-9,14,17H,1,4,7,10H2,(H,18,19)/b9-8+. The van der Waals surface area contributed by atoms with Crippen LogP contribution in [0.3, 0.4) is 0 Å². The molecule has 1 fully saturated rings. The fourth-order valence-electron chi connectivity index (χ4n) is 2.33. The molecule has 1 unspecified atom stereocenters. The molecule has 2 rings (SSSR count). The van der Waals surface area contributed by atoms with E-state index in [1.807, 2.05) is 6.07 Å². The molecule has 1 aromatic rings. The van der Waals surface area contributed by atoms with Crippen LogP contribution >= 0.6 is 0 Å². The summed E-state index contributed by atoms with van der Waals surface area (Å²) in [7, 11) is 0. The van der Waals surface area contributed by atoms with Crippen molar-refractivity contribution in [1.82, 2.24) is 5.32 Å². The van der Waals surface area contributed by atoms with Crippen molar-refractivity contribution in [1.29, 1.82) is 0 Å². The van der Waals surface area contributed by atoms with Gasteiger partial charge in [0.05, 0.1) is 6.04 Å². The van der Waals surface area contributed by atoms with Crippen LogP contribution in [0.1, 0.15) is 24.0 Å². The van der Waals surface area contributed by atoms with Crippen molar-refractivity contribution in [3.63, 3.8) is 0 Å². The maximum absolute atomic E-state index is 12.3. The minimum Gasteiger partial charge on any atom is -0.478 e. The highest BCUT2D eigenvalue weighted by atomic mass is 16.4. The molecule has 104 valence electrons. The Morgan fingerprint density at radius 1 is 1.35 bits per heavy atom. The summed E-state index contributed by atoms with van der Waals surface area (Å²) in [5.41, 5.74) is 1.80. The Labute approximate surface area is 117 Å². The zero-order valence-corrected chi connectivity index (χ0v) is 11.1. The molecule has 1 aromatic carbocycles. The van der Waals surface area contributed by atoms with E-state index >= 15 is 0 Å². The summed E-state index contributed by atoms with van der Waals surface area (Å²) in [4.78, 5) is 22.9. The van der Waals surface area contributed by atoms with Gasteiger partial charge in [-0.1, -0.05) is 30.8 Å². The first-order chi connectivity index (χ1) is 9.59. The van der Waals surface area contributed by atoms with E-state index < -0.39 is 5.97 Å². The van der Waals surface area contributed by atoms with E-state index in [-0.39, 0.29) is 11.8 Å². The van der Waals surface area contributed by atoms with E-state index in [4.69, 9.17) is 5.11 Å². The predicted octanol–water partition coefficient (Wildman–Crippen LogP) is 2.12. The highest BCUT2D eigenvalue weighted by molar-refractivity contribution is 6.23. The Morgan fingerprint density at radius 2 is 2.10 bits per heavy atom. The second-order valence-corrected chi connectivity index (χ2v) is 4.75. The summed E-state index contributed by atoms with van der Waals surface area (Å²) >= 11 is 0. The number of carboxylic acid groups (broad SMARTS) is 1. The van der Waals surface area contributed by atoms with Crippen molar-refractivity contribution in [2.24, 2.45) is 0 Å². The predicted molar refractivity (Wildman–Crippen MR) is 78.2 cm³/mol. The molecule has 0 radical (unpaired) electrons. The van der Waals surface area contributed by atoms with Gasteiger partial charge >= 0.3 is 5.97 Å². The first kappa shape index (κ1) is 14.2. The van der Waals surface area contributed by atoms with Crippen molar-refractivity contribution < 1.29 is 14.7 Å². The highest BCUT2D eigenvalue weighted by Gasteiger charge is 2.25. The van der Waals surface area contributed by atoms with Crippen LogP contribution in [0.4, 0.5) is 0 Å². The SMILES string of the molecule is C=C(C(=O)C1CCCN1)c1ccccc1/C=C/C(=O)O. The summed E-state index contributed by atoms with van der Waals surface area (Å²) in [5.74, 6) is -1.03. The number of benzene rings is 1. The van der Waals surface area contributed by atoms with Gasteiger partial charge in [0.2, 0.25) is 0 Å². The van der Waals surface area contributed by atoms with Crippen LogP contribution in [0, 0.1) is 0 Å². The molecule has 1 aliphatic rings. The second-order valence-electron chi connectivity index (χ2n) is 4.75. The Morgan fingerprint density at radius 3 is 2.75 bits per heavy atom. The van der Waals surface area contributed by atoms with E-state index in [0.717, 1.165) is 25.5 Å². The Kier molecular flexibility index (Phi) is 4.48. The van der Waals surface area contributed by atoms with E-state index in [2.05, 4.69) is 11.9 Å². The van der Waals surface area contributed by atoms with Gasteiger partial charge < -0.3 is 10.4 Å². The Hall–Kier alpha value is -2.20. The minimum absolute atomic E-state index is 0.0151. The van der Waals surface area contributed by atoms with Crippen LogP contribution in [0.25, 0.3) is 11.6 Å². The molecule has 1 atom stereocenters.